The first-order valence-corrected chi connectivity index (χ1v) is 12.7. The maximum absolute atomic E-state index is 13.2. The molecule has 0 saturated carbocycles. The van der Waals surface area contributed by atoms with Gasteiger partial charge in [0.15, 0.2) is 5.96 Å². The zero-order chi connectivity index (χ0) is 28.0. The summed E-state index contributed by atoms with van der Waals surface area (Å²) in [6.45, 7) is 3.98. The van der Waals surface area contributed by atoms with Crippen molar-refractivity contribution in [2.45, 2.75) is 63.7 Å². The Morgan fingerprint density at radius 1 is 0.946 bits per heavy atom. The van der Waals surface area contributed by atoms with Crippen molar-refractivity contribution in [2.24, 2.45) is 28.1 Å². The quantitative estimate of drug-likeness (QED) is 0.0572. The number of aliphatic carboxylic acids is 1. The number of benzene rings is 1. The van der Waals surface area contributed by atoms with Crippen LogP contribution in [0.3, 0.4) is 0 Å². The highest BCUT2D eigenvalue weighted by atomic mass is 32.1. The lowest BCUT2D eigenvalue weighted by molar-refractivity contribution is -0.141. The van der Waals surface area contributed by atoms with Crippen LogP contribution >= 0.6 is 12.6 Å². The zero-order valence-electron chi connectivity index (χ0n) is 21.2. The Hall–Kier alpha value is -3.32. The number of hydrogen-bond acceptors (Lipinski definition) is 7. The SMILES string of the molecule is CC(C)CC(NC(=O)C(N)Cc1ccccc1)C(=O)NC(CCCN=C(N)N)C(=O)NC(CS)C(=O)O. The Labute approximate surface area is 222 Å². The topological polar surface area (TPSA) is 215 Å². The molecule has 0 saturated heterocycles. The summed E-state index contributed by atoms with van der Waals surface area (Å²) < 4.78 is 0. The Morgan fingerprint density at radius 2 is 1.51 bits per heavy atom. The largest absolute Gasteiger partial charge is 0.480 e. The number of guanidine groups is 1. The average Bonchev–Trinajstić information content (AvgIpc) is 2.83. The van der Waals surface area contributed by atoms with Crippen molar-refractivity contribution in [2.75, 3.05) is 12.3 Å². The second-order valence-electron chi connectivity index (χ2n) is 9.08. The highest BCUT2D eigenvalue weighted by Crippen LogP contribution is 2.09. The Balaban J connectivity index is 2.97. The summed E-state index contributed by atoms with van der Waals surface area (Å²) in [4.78, 5) is 54.0. The second kappa shape index (κ2) is 16.4. The molecule has 206 valence electrons. The molecule has 1 aromatic rings. The van der Waals surface area contributed by atoms with Gasteiger partial charge in [0.05, 0.1) is 6.04 Å². The molecule has 12 nitrogen and oxygen atoms in total. The summed E-state index contributed by atoms with van der Waals surface area (Å²) in [5.41, 5.74) is 17.6. The van der Waals surface area contributed by atoms with Crippen molar-refractivity contribution >= 4 is 42.3 Å². The predicted octanol–water partition coefficient (Wildman–Crippen LogP) is -0.875. The molecule has 4 atom stereocenters. The molecule has 1 aromatic carbocycles. The number of rotatable bonds is 16. The first-order chi connectivity index (χ1) is 17.4. The number of aliphatic imine (C=N–C) groups is 1. The molecule has 0 aliphatic rings. The molecular weight excluding hydrogens is 498 g/mol. The van der Waals surface area contributed by atoms with Crippen LogP contribution in [-0.2, 0) is 25.6 Å². The van der Waals surface area contributed by atoms with Crippen molar-refractivity contribution in [3.05, 3.63) is 35.9 Å². The van der Waals surface area contributed by atoms with Gasteiger partial charge in [0.2, 0.25) is 17.7 Å². The van der Waals surface area contributed by atoms with Gasteiger partial charge in [-0.15, -0.1) is 0 Å². The molecule has 10 N–H and O–H groups in total. The van der Waals surface area contributed by atoms with E-state index in [2.05, 4.69) is 33.6 Å². The summed E-state index contributed by atoms with van der Waals surface area (Å²) in [5, 5.41) is 16.9. The molecule has 0 spiro atoms. The fourth-order valence-electron chi connectivity index (χ4n) is 3.44. The minimum absolute atomic E-state index is 0.0381. The van der Waals surface area contributed by atoms with Crippen molar-refractivity contribution in [3.8, 4) is 0 Å². The molecule has 0 radical (unpaired) electrons. The fraction of sp³-hybridized carbons (Fsp3) is 0.542. The monoisotopic (exact) mass is 537 g/mol. The maximum Gasteiger partial charge on any atom is 0.327 e. The Bertz CT molecular complexity index is 925. The molecule has 1 rings (SSSR count). The van der Waals surface area contributed by atoms with Gasteiger partial charge in [-0.05, 0) is 37.2 Å². The fourth-order valence-corrected chi connectivity index (χ4v) is 3.69. The van der Waals surface area contributed by atoms with Crippen molar-refractivity contribution < 1.29 is 24.3 Å². The lowest BCUT2D eigenvalue weighted by Crippen LogP contribution is -2.57. The van der Waals surface area contributed by atoms with E-state index in [0.29, 0.717) is 19.3 Å². The molecule has 0 aliphatic carbocycles. The van der Waals surface area contributed by atoms with Crippen LogP contribution < -0.4 is 33.2 Å². The van der Waals surface area contributed by atoms with Gasteiger partial charge in [-0.2, -0.15) is 12.6 Å². The van der Waals surface area contributed by atoms with E-state index in [1.807, 2.05) is 44.2 Å². The smallest absolute Gasteiger partial charge is 0.327 e. The third-order valence-corrected chi connectivity index (χ3v) is 5.72. The maximum atomic E-state index is 13.2. The third-order valence-electron chi connectivity index (χ3n) is 5.35. The van der Waals surface area contributed by atoms with Gasteiger partial charge in [0.1, 0.15) is 18.1 Å². The minimum Gasteiger partial charge on any atom is -0.480 e. The van der Waals surface area contributed by atoms with Gasteiger partial charge in [-0.1, -0.05) is 44.2 Å². The highest BCUT2D eigenvalue weighted by Gasteiger charge is 2.30. The van der Waals surface area contributed by atoms with E-state index in [4.69, 9.17) is 17.2 Å². The molecular formula is C24H39N7O5S. The first kappa shape index (κ1) is 31.7. The molecule has 3 amide bonds. The van der Waals surface area contributed by atoms with Crippen molar-refractivity contribution in [3.63, 3.8) is 0 Å². The van der Waals surface area contributed by atoms with Gasteiger partial charge >= 0.3 is 5.97 Å². The van der Waals surface area contributed by atoms with Gasteiger partial charge < -0.3 is 38.3 Å². The van der Waals surface area contributed by atoms with Gasteiger partial charge in [0, 0.05) is 12.3 Å². The van der Waals surface area contributed by atoms with E-state index >= 15 is 0 Å². The lowest BCUT2D eigenvalue weighted by atomic mass is 10.0. The van der Waals surface area contributed by atoms with Crippen LogP contribution in [0.15, 0.2) is 35.3 Å². The second-order valence-corrected chi connectivity index (χ2v) is 9.44. The van der Waals surface area contributed by atoms with E-state index in [-0.39, 0.29) is 30.6 Å². The van der Waals surface area contributed by atoms with Crippen LogP contribution in [0.25, 0.3) is 0 Å². The van der Waals surface area contributed by atoms with Gasteiger partial charge in [0.25, 0.3) is 0 Å². The highest BCUT2D eigenvalue weighted by molar-refractivity contribution is 7.80. The number of thiol groups is 1. The van der Waals surface area contributed by atoms with Crippen LogP contribution in [0.4, 0.5) is 0 Å². The van der Waals surface area contributed by atoms with Crippen LogP contribution in [0, 0.1) is 5.92 Å². The van der Waals surface area contributed by atoms with E-state index in [1.165, 1.54) is 0 Å². The molecule has 0 aromatic heterocycles. The summed E-state index contributed by atoms with van der Waals surface area (Å²) in [6.07, 6.45) is 1.05. The standard InChI is InChI=1S/C24H39N7O5S/c1-14(2)11-18(30-20(32)16(25)12-15-7-4-3-5-8-15)22(34)29-17(9-6-10-28-24(26)27)21(33)31-19(13-37)23(35)36/h3-5,7-8,14,16-19,37H,6,9-13,25H2,1-2H3,(H,29,34)(H,30,32)(H,31,33)(H,35,36)(H4,26,27,28). The number of hydrogen-bond donors (Lipinski definition) is 8. The average molecular weight is 538 g/mol. The number of nitrogens with zero attached hydrogens (tertiary/aromatic N) is 1. The van der Waals surface area contributed by atoms with Crippen LogP contribution in [0.2, 0.25) is 0 Å². The summed E-state index contributed by atoms with van der Waals surface area (Å²) in [7, 11) is 0. The van der Waals surface area contributed by atoms with E-state index in [1.54, 1.807) is 0 Å². The number of carbonyl (C=O) groups is 4. The predicted molar refractivity (Wildman–Crippen MR) is 145 cm³/mol. The molecule has 4 unspecified atom stereocenters. The van der Waals surface area contributed by atoms with E-state index in [0.717, 1.165) is 5.56 Å². The minimum atomic E-state index is -1.26. The third kappa shape index (κ3) is 12.5. The molecule has 37 heavy (non-hydrogen) atoms. The lowest BCUT2D eigenvalue weighted by Gasteiger charge is -2.26. The molecule has 13 heteroatoms. The number of nitrogens with one attached hydrogen (secondary N) is 3. The van der Waals surface area contributed by atoms with Crippen LogP contribution in [-0.4, -0.2) is 71.2 Å². The molecule has 0 heterocycles. The summed E-state index contributed by atoms with van der Waals surface area (Å²) >= 11 is 3.95. The Kier molecular flexibility index (Phi) is 14.1. The number of carboxylic acid groups (broad SMARTS) is 1. The molecule has 0 aliphatic heterocycles. The van der Waals surface area contributed by atoms with E-state index in [9.17, 15) is 24.3 Å². The summed E-state index contributed by atoms with van der Waals surface area (Å²) in [5.74, 6) is -3.26. The van der Waals surface area contributed by atoms with Crippen LogP contribution in [0.1, 0.15) is 38.7 Å². The number of carbonyl (C=O) groups excluding carboxylic acids is 3. The number of amides is 3. The zero-order valence-corrected chi connectivity index (χ0v) is 22.1. The van der Waals surface area contributed by atoms with Gasteiger partial charge in [-0.25, -0.2) is 4.79 Å². The Morgan fingerprint density at radius 3 is 2.05 bits per heavy atom. The summed E-state index contributed by atoms with van der Waals surface area (Å²) in [6, 6.07) is 5.09. The van der Waals surface area contributed by atoms with Gasteiger partial charge in [-0.3, -0.25) is 19.4 Å². The van der Waals surface area contributed by atoms with E-state index < -0.39 is 47.9 Å². The number of carboxylic acids is 1. The van der Waals surface area contributed by atoms with Crippen molar-refractivity contribution in [1.29, 1.82) is 0 Å². The molecule has 0 fully saturated rings. The number of nitrogens with two attached hydrogens (primary N) is 3. The molecule has 0 bridgehead atoms. The first-order valence-electron chi connectivity index (χ1n) is 12.0. The van der Waals surface area contributed by atoms with Crippen LogP contribution in [0.5, 0.6) is 0 Å². The normalized spacial score (nSPS) is 14.1. The van der Waals surface area contributed by atoms with Crippen molar-refractivity contribution in [1.82, 2.24) is 16.0 Å².